The second-order valence-electron chi connectivity index (χ2n) is 6.83. The topological polar surface area (TPSA) is 41.9 Å². The number of benzene rings is 3. The van der Waals surface area contributed by atoms with Crippen molar-refractivity contribution in [2.24, 2.45) is 5.10 Å². The van der Waals surface area contributed by atoms with Gasteiger partial charge in [0.2, 0.25) is 0 Å². The van der Waals surface area contributed by atoms with E-state index >= 15 is 0 Å². The summed E-state index contributed by atoms with van der Waals surface area (Å²) in [5, 5.41) is 6.28. The molecule has 0 fully saturated rings. The van der Waals surface area contributed by atoms with Crippen LogP contribution in [0.4, 0.5) is 0 Å². The molecule has 0 N–H and O–H groups in total. The Hall–Kier alpha value is -3.66. The minimum Gasteiger partial charge on any atom is -0.497 e. The summed E-state index contributed by atoms with van der Waals surface area (Å²) in [5.41, 5.74) is 3.94. The van der Waals surface area contributed by atoms with Crippen molar-refractivity contribution in [1.29, 1.82) is 0 Å². The predicted octanol–water partition coefficient (Wildman–Crippen LogP) is 5.09. The fraction of sp³-hybridized carbons (Fsp3) is 0.120. The molecule has 1 heterocycles. The Labute approximate surface area is 170 Å². The maximum Gasteiger partial charge on any atom is 0.267 e. The molecule has 29 heavy (non-hydrogen) atoms. The zero-order valence-corrected chi connectivity index (χ0v) is 16.2. The number of carbonyl (C=O) groups excluding carboxylic acids is 1. The van der Waals surface area contributed by atoms with E-state index in [1.165, 1.54) is 0 Å². The van der Waals surface area contributed by atoms with Gasteiger partial charge in [-0.2, -0.15) is 5.10 Å². The van der Waals surface area contributed by atoms with Gasteiger partial charge >= 0.3 is 0 Å². The molecular weight excluding hydrogens is 360 g/mol. The van der Waals surface area contributed by atoms with Gasteiger partial charge in [-0.25, -0.2) is 5.01 Å². The number of hydrazone groups is 1. The predicted molar refractivity (Wildman–Crippen MR) is 116 cm³/mol. The molecule has 4 heteroatoms. The number of methoxy groups -OCH3 is 1. The smallest absolute Gasteiger partial charge is 0.267 e. The largest absolute Gasteiger partial charge is 0.497 e. The molecule has 0 saturated heterocycles. The molecule has 0 aliphatic carbocycles. The van der Waals surface area contributed by atoms with E-state index in [4.69, 9.17) is 9.84 Å². The number of ether oxygens (including phenoxy) is 1. The van der Waals surface area contributed by atoms with Gasteiger partial charge in [-0.15, -0.1) is 0 Å². The number of hydrogen-bond acceptors (Lipinski definition) is 3. The van der Waals surface area contributed by atoms with E-state index in [9.17, 15) is 4.79 Å². The van der Waals surface area contributed by atoms with Gasteiger partial charge in [-0.1, -0.05) is 60.7 Å². The quantitative estimate of drug-likeness (QED) is 0.577. The molecule has 3 aromatic carbocycles. The number of hydrogen-bond donors (Lipinski definition) is 0. The molecule has 4 nitrogen and oxygen atoms in total. The Balaban J connectivity index is 1.63. The van der Waals surface area contributed by atoms with Crippen LogP contribution in [0, 0.1) is 0 Å². The van der Waals surface area contributed by atoms with Crippen LogP contribution >= 0.6 is 0 Å². The highest BCUT2D eigenvalue weighted by Crippen LogP contribution is 2.33. The lowest BCUT2D eigenvalue weighted by Gasteiger charge is -2.20. The van der Waals surface area contributed by atoms with Crippen LogP contribution in [0.3, 0.4) is 0 Å². The summed E-state index contributed by atoms with van der Waals surface area (Å²) in [6.45, 7) is 0. The fourth-order valence-electron chi connectivity index (χ4n) is 3.41. The normalized spacial score (nSPS) is 16.1. The first-order valence-corrected chi connectivity index (χ1v) is 9.58. The van der Waals surface area contributed by atoms with Crippen LogP contribution in [0.15, 0.2) is 96.1 Å². The summed E-state index contributed by atoms with van der Waals surface area (Å²) in [4.78, 5) is 13.0. The van der Waals surface area contributed by atoms with E-state index in [-0.39, 0.29) is 11.9 Å². The SMILES string of the molecule is COc1ccc(C2=NN(C(=O)C=Cc3ccccc3)C(c3ccccc3)C2)cc1. The highest BCUT2D eigenvalue weighted by molar-refractivity contribution is 6.04. The molecule has 144 valence electrons. The summed E-state index contributed by atoms with van der Waals surface area (Å²) >= 11 is 0. The molecule has 1 amide bonds. The zero-order valence-electron chi connectivity index (χ0n) is 16.2. The van der Waals surface area contributed by atoms with Gasteiger partial charge < -0.3 is 4.74 Å². The number of rotatable bonds is 5. The number of carbonyl (C=O) groups is 1. The van der Waals surface area contributed by atoms with Crippen LogP contribution in [-0.2, 0) is 4.79 Å². The minimum atomic E-state index is -0.133. The Morgan fingerprint density at radius 1 is 0.966 bits per heavy atom. The van der Waals surface area contributed by atoms with Crippen LogP contribution in [0.1, 0.15) is 29.2 Å². The molecule has 3 aromatic rings. The monoisotopic (exact) mass is 382 g/mol. The van der Waals surface area contributed by atoms with E-state index in [1.807, 2.05) is 91.0 Å². The first-order chi connectivity index (χ1) is 14.2. The summed E-state index contributed by atoms with van der Waals surface area (Å²) in [6, 6.07) is 27.5. The number of nitrogens with zero attached hydrogens (tertiary/aromatic N) is 2. The summed E-state index contributed by atoms with van der Waals surface area (Å²) < 4.78 is 5.24. The van der Waals surface area contributed by atoms with Crippen molar-refractivity contribution in [3.8, 4) is 5.75 Å². The summed E-state index contributed by atoms with van der Waals surface area (Å²) in [7, 11) is 1.65. The molecule has 1 atom stereocenters. The molecule has 0 bridgehead atoms. The molecule has 4 rings (SSSR count). The van der Waals surface area contributed by atoms with E-state index < -0.39 is 0 Å². The maximum atomic E-state index is 13.0. The van der Waals surface area contributed by atoms with Crippen LogP contribution in [0.25, 0.3) is 6.08 Å². The lowest BCUT2D eigenvalue weighted by molar-refractivity contribution is -0.127. The van der Waals surface area contributed by atoms with Crippen molar-refractivity contribution in [3.05, 3.63) is 108 Å². The van der Waals surface area contributed by atoms with E-state index in [1.54, 1.807) is 18.2 Å². The van der Waals surface area contributed by atoms with Crippen LogP contribution in [-0.4, -0.2) is 23.7 Å². The third-order valence-electron chi connectivity index (χ3n) is 4.96. The van der Waals surface area contributed by atoms with E-state index in [0.29, 0.717) is 6.42 Å². The third-order valence-corrected chi connectivity index (χ3v) is 4.96. The molecule has 0 saturated carbocycles. The molecular formula is C25H22N2O2. The van der Waals surface area contributed by atoms with Crippen molar-refractivity contribution in [1.82, 2.24) is 5.01 Å². The maximum absolute atomic E-state index is 13.0. The van der Waals surface area contributed by atoms with Gasteiger partial charge in [0.25, 0.3) is 5.91 Å². The molecule has 0 radical (unpaired) electrons. The Morgan fingerprint density at radius 2 is 1.62 bits per heavy atom. The van der Waals surface area contributed by atoms with Gasteiger partial charge in [0.05, 0.1) is 18.9 Å². The van der Waals surface area contributed by atoms with Crippen molar-refractivity contribution in [2.75, 3.05) is 7.11 Å². The standard InChI is InChI=1S/C25H22N2O2/c1-29-22-15-13-20(14-16-22)23-18-24(21-10-6-3-7-11-21)27(26-23)25(28)17-12-19-8-4-2-5-9-19/h2-17,24H,18H2,1H3. The Morgan fingerprint density at radius 3 is 2.28 bits per heavy atom. The van der Waals surface area contributed by atoms with Crippen LogP contribution in [0.2, 0.25) is 0 Å². The first-order valence-electron chi connectivity index (χ1n) is 9.58. The van der Waals surface area contributed by atoms with E-state index in [2.05, 4.69) is 0 Å². The molecule has 1 unspecified atom stereocenters. The fourth-order valence-corrected chi connectivity index (χ4v) is 3.41. The van der Waals surface area contributed by atoms with Crippen molar-refractivity contribution in [3.63, 3.8) is 0 Å². The second kappa shape index (κ2) is 8.57. The summed E-state index contributed by atoms with van der Waals surface area (Å²) in [6.07, 6.45) is 4.08. The Kier molecular flexibility index (Phi) is 5.52. The van der Waals surface area contributed by atoms with Gasteiger partial charge in [0, 0.05) is 12.5 Å². The van der Waals surface area contributed by atoms with Crippen molar-refractivity contribution >= 4 is 17.7 Å². The molecule has 1 aliphatic heterocycles. The van der Waals surface area contributed by atoms with Gasteiger partial charge in [0.1, 0.15) is 5.75 Å². The summed E-state index contributed by atoms with van der Waals surface area (Å²) in [5.74, 6) is 0.664. The van der Waals surface area contributed by atoms with Crippen molar-refractivity contribution < 1.29 is 9.53 Å². The van der Waals surface area contributed by atoms with Crippen molar-refractivity contribution in [2.45, 2.75) is 12.5 Å². The molecule has 1 aliphatic rings. The van der Waals surface area contributed by atoms with Gasteiger partial charge in [-0.3, -0.25) is 4.79 Å². The zero-order chi connectivity index (χ0) is 20.1. The average Bonchev–Trinajstić information content (AvgIpc) is 3.24. The van der Waals surface area contributed by atoms with E-state index in [0.717, 1.165) is 28.2 Å². The average molecular weight is 382 g/mol. The molecule has 0 spiro atoms. The molecule has 0 aromatic heterocycles. The highest BCUT2D eigenvalue weighted by Gasteiger charge is 2.32. The van der Waals surface area contributed by atoms with Gasteiger partial charge in [0.15, 0.2) is 0 Å². The Bertz CT molecular complexity index is 1030. The minimum absolute atomic E-state index is 0.124. The second-order valence-corrected chi connectivity index (χ2v) is 6.83. The third kappa shape index (κ3) is 4.27. The van der Waals surface area contributed by atoms with Gasteiger partial charge in [-0.05, 0) is 47.0 Å². The lowest BCUT2D eigenvalue weighted by atomic mass is 9.98. The van der Waals surface area contributed by atoms with Crippen LogP contribution in [0.5, 0.6) is 5.75 Å². The highest BCUT2D eigenvalue weighted by atomic mass is 16.5. The number of amides is 1. The lowest BCUT2D eigenvalue weighted by Crippen LogP contribution is -2.25. The van der Waals surface area contributed by atoms with Crippen LogP contribution < -0.4 is 4.74 Å². The first kappa shape index (κ1) is 18.7.